The first-order chi connectivity index (χ1) is 15.4. The maximum atomic E-state index is 12.6. The molecule has 2 aromatic carbocycles. The Hall–Kier alpha value is -2.62. The molecule has 174 valence electrons. The van der Waals surface area contributed by atoms with Crippen molar-refractivity contribution in [1.82, 2.24) is 9.62 Å². The number of amides is 1. The fourth-order valence-electron chi connectivity index (χ4n) is 3.26. The molecule has 0 saturated carbocycles. The number of rotatable bonds is 10. The van der Waals surface area contributed by atoms with Crippen LogP contribution in [0.5, 0.6) is 11.5 Å². The Morgan fingerprint density at radius 1 is 1.12 bits per heavy atom. The fourth-order valence-corrected chi connectivity index (χ4v) is 4.67. The Kier molecular flexibility index (Phi) is 8.49. The predicted molar refractivity (Wildman–Crippen MR) is 120 cm³/mol. The van der Waals surface area contributed by atoms with E-state index in [0.717, 1.165) is 5.56 Å². The van der Waals surface area contributed by atoms with Gasteiger partial charge in [-0.2, -0.15) is 4.31 Å². The first-order valence-corrected chi connectivity index (χ1v) is 12.2. The lowest BCUT2D eigenvalue weighted by molar-refractivity contribution is -0.128. The molecule has 2 aromatic rings. The fraction of sp³-hybridized carbons (Fsp3) is 0.435. The van der Waals surface area contributed by atoms with E-state index in [1.807, 2.05) is 38.1 Å². The van der Waals surface area contributed by atoms with Crippen LogP contribution in [0.3, 0.4) is 0 Å². The third kappa shape index (κ3) is 6.21. The van der Waals surface area contributed by atoms with Gasteiger partial charge in [-0.15, -0.1) is 0 Å². The van der Waals surface area contributed by atoms with Crippen molar-refractivity contribution in [3.8, 4) is 11.5 Å². The highest BCUT2D eigenvalue weighted by atomic mass is 32.2. The quantitative estimate of drug-likeness (QED) is 0.545. The Labute approximate surface area is 189 Å². The molecule has 0 aromatic heterocycles. The van der Waals surface area contributed by atoms with Crippen LogP contribution in [0.1, 0.15) is 18.9 Å². The molecule has 0 radical (unpaired) electrons. The van der Waals surface area contributed by atoms with Gasteiger partial charge in [0.05, 0.1) is 24.7 Å². The topological polar surface area (TPSA) is 94.2 Å². The van der Waals surface area contributed by atoms with Crippen LogP contribution >= 0.6 is 0 Å². The average molecular weight is 463 g/mol. The van der Waals surface area contributed by atoms with Crippen LogP contribution in [0, 0.1) is 6.92 Å². The van der Waals surface area contributed by atoms with Crippen molar-refractivity contribution < 1.29 is 27.4 Å². The highest BCUT2D eigenvalue weighted by molar-refractivity contribution is 7.89. The van der Waals surface area contributed by atoms with Gasteiger partial charge in [-0.1, -0.05) is 25.1 Å². The average Bonchev–Trinajstić information content (AvgIpc) is 2.82. The summed E-state index contributed by atoms with van der Waals surface area (Å²) in [7, 11) is -3.53. The van der Waals surface area contributed by atoms with Crippen molar-refractivity contribution in [2.24, 2.45) is 0 Å². The number of hydrogen-bond acceptors (Lipinski definition) is 6. The third-order valence-electron chi connectivity index (χ3n) is 5.13. The number of sulfonamides is 1. The van der Waals surface area contributed by atoms with Gasteiger partial charge >= 0.3 is 0 Å². The molecule has 1 unspecified atom stereocenters. The summed E-state index contributed by atoms with van der Waals surface area (Å²) in [5.74, 6) is 1.02. The van der Waals surface area contributed by atoms with Crippen molar-refractivity contribution in [2.75, 3.05) is 39.5 Å². The molecule has 3 rings (SSSR count). The lowest BCUT2D eigenvalue weighted by atomic mass is 10.2. The number of carbonyl (C=O) groups is 1. The molecule has 0 bridgehead atoms. The SMILES string of the molecule is CCC(Oc1ccccc1C)C(=O)NCCOc1ccc(S(=O)(=O)N2CCOCC2)cc1. The first kappa shape index (κ1) is 24.0. The first-order valence-electron chi connectivity index (χ1n) is 10.7. The molecule has 32 heavy (non-hydrogen) atoms. The lowest BCUT2D eigenvalue weighted by Gasteiger charge is -2.26. The van der Waals surface area contributed by atoms with Crippen molar-refractivity contribution in [3.63, 3.8) is 0 Å². The summed E-state index contributed by atoms with van der Waals surface area (Å²) in [6, 6.07) is 13.9. The molecule has 1 aliphatic rings. The molecular weight excluding hydrogens is 432 g/mol. The van der Waals surface area contributed by atoms with E-state index in [-0.39, 0.29) is 17.4 Å². The van der Waals surface area contributed by atoms with Crippen LogP contribution in [0.4, 0.5) is 0 Å². The summed E-state index contributed by atoms with van der Waals surface area (Å²) in [5, 5.41) is 2.82. The molecule has 1 atom stereocenters. The second kappa shape index (κ2) is 11.3. The standard InChI is InChI=1S/C23H30N2O6S/c1-3-21(31-22-7-5-4-6-18(22)2)23(26)24-12-15-30-19-8-10-20(11-9-19)32(27,28)25-13-16-29-17-14-25/h4-11,21H,3,12-17H2,1-2H3,(H,24,26). The van der Waals surface area contributed by atoms with Crippen molar-refractivity contribution in [1.29, 1.82) is 0 Å². The minimum atomic E-state index is -3.53. The van der Waals surface area contributed by atoms with Gasteiger partial charge in [-0.25, -0.2) is 8.42 Å². The van der Waals surface area contributed by atoms with Crippen molar-refractivity contribution in [2.45, 2.75) is 31.3 Å². The number of benzene rings is 2. The third-order valence-corrected chi connectivity index (χ3v) is 7.04. The van der Waals surface area contributed by atoms with Crippen molar-refractivity contribution in [3.05, 3.63) is 54.1 Å². The Morgan fingerprint density at radius 3 is 2.47 bits per heavy atom. The van der Waals surface area contributed by atoms with Crippen LogP contribution in [-0.4, -0.2) is 64.2 Å². The van der Waals surface area contributed by atoms with E-state index in [9.17, 15) is 13.2 Å². The molecule has 1 fully saturated rings. The van der Waals surface area contributed by atoms with E-state index in [0.29, 0.717) is 50.8 Å². The molecular formula is C23H30N2O6S. The number of morpholine rings is 1. The number of aryl methyl sites for hydroxylation is 1. The zero-order valence-electron chi connectivity index (χ0n) is 18.5. The Balaban J connectivity index is 1.45. The molecule has 0 aliphatic carbocycles. The Bertz CT molecular complexity index is 988. The largest absolute Gasteiger partial charge is 0.492 e. The van der Waals surface area contributed by atoms with E-state index in [1.165, 1.54) is 16.4 Å². The van der Waals surface area contributed by atoms with Gasteiger partial charge in [-0.3, -0.25) is 4.79 Å². The van der Waals surface area contributed by atoms with Gasteiger partial charge in [0.25, 0.3) is 5.91 Å². The van der Waals surface area contributed by atoms with E-state index in [2.05, 4.69) is 5.32 Å². The highest BCUT2D eigenvalue weighted by Crippen LogP contribution is 2.21. The number of nitrogens with zero attached hydrogens (tertiary/aromatic N) is 1. The molecule has 1 N–H and O–H groups in total. The van der Waals surface area contributed by atoms with Crippen molar-refractivity contribution >= 4 is 15.9 Å². The number of para-hydroxylation sites is 1. The van der Waals surface area contributed by atoms with E-state index >= 15 is 0 Å². The zero-order chi connectivity index (χ0) is 23.0. The van der Waals surface area contributed by atoms with Gasteiger partial charge in [0.15, 0.2) is 6.10 Å². The zero-order valence-corrected chi connectivity index (χ0v) is 19.3. The van der Waals surface area contributed by atoms with Crippen LogP contribution in [0.15, 0.2) is 53.4 Å². The van der Waals surface area contributed by atoms with E-state index in [1.54, 1.807) is 12.1 Å². The van der Waals surface area contributed by atoms with Gasteiger partial charge in [0.1, 0.15) is 18.1 Å². The molecule has 1 heterocycles. The minimum absolute atomic E-state index is 0.202. The summed E-state index contributed by atoms with van der Waals surface area (Å²) >= 11 is 0. The maximum Gasteiger partial charge on any atom is 0.261 e. The molecule has 8 nitrogen and oxygen atoms in total. The number of ether oxygens (including phenoxy) is 3. The number of hydrogen-bond donors (Lipinski definition) is 1. The summed E-state index contributed by atoms with van der Waals surface area (Å²) in [4.78, 5) is 12.7. The minimum Gasteiger partial charge on any atom is -0.492 e. The predicted octanol–water partition coefficient (Wildman–Crippen LogP) is 2.37. The molecule has 0 spiro atoms. The number of carbonyl (C=O) groups excluding carboxylic acids is 1. The van der Waals surface area contributed by atoms with Gasteiger partial charge in [0.2, 0.25) is 10.0 Å². The molecule has 1 amide bonds. The normalized spacial score (nSPS) is 15.7. The Morgan fingerprint density at radius 2 is 1.81 bits per heavy atom. The molecule has 9 heteroatoms. The van der Waals surface area contributed by atoms with Gasteiger partial charge in [-0.05, 0) is 49.2 Å². The van der Waals surface area contributed by atoms with Crippen LogP contribution in [0.2, 0.25) is 0 Å². The summed E-state index contributed by atoms with van der Waals surface area (Å²) in [6.45, 7) is 5.90. The highest BCUT2D eigenvalue weighted by Gasteiger charge is 2.26. The maximum absolute atomic E-state index is 12.6. The molecule has 1 saturated heterocycles. The lowest BCUT2D eigenvalue weighted by Crippen LogP contribution is -2.40. The summed E-state index contributed by atoms with van der Waals surface area (Å²) in [5.41, 5.74) is 0.973. The second-order valence-electron chi connectivity index (χ2n) is 7.41. The summed E-state index contributed by atoms with van der Waals surface area (Å²) in [6.07, 6.45) is -0.0408. The van der Waals surface area contributed by atoms with E-state index < -0.39 is 16.1 Å². The second-order valence-corrected chi connectivity index (χ2v) is 9.35. The number of nitrogens with one attached hydrogen (secondary N) is 1. The van der Waals surface area contributed by atoms with E-state index in [4.69, 9.17) is 14.2 Å². The van der Waals surface area contributed by atoms with Gasteiger partial charge < -0.3 is 19.5 Å². The molecule has 1 aliphatic heterocycles. The smallest absolute Gasteiger partial charge is 0.261 e. The van der Waals surface area contributed by atoms with Gasteiger partial charge in [0, 0.05) is 13.1 Å². The van der Waals surface area contributed by atoms with Crippen LogP contribution < -0.4 is 14.8 Å². The monoisotopic (exact) mass is 462 g/mol. The summed E-state index contributed by atoms with van der Waals surface area (Å²) < 4.78 is 43.4. The van der Waals surface area contributed by atoms with Crippen LogP contribution in [-0.2, 0) is 19.6 Å². The van der Waals surface area contributed by atoms with Crippen LogP contribution in [0.25, 0.3) is 0 Å².